The van der Waals surface area contributed by atoms with Crippen molar-refractivity contribution in [2.45, 2.75) is 38.5 Å². The molecule has 2 aliphatic heterocycles. The molecule has 2 heterocycles. The van der Waals surface area contributed by atoms with Crippen molar-refractivity contribution in [1.82, 2.24) is 0 Å². The largest absolute Gasteiger partial charge is 0.364 e. The molecule has 0 bridgehead atoms. The predicted molar refractivity (Wildman–Crippen MR) is 85.7 cm³/mol. The number of anilines is 1. The van der Waals surface area contributed by atoms with Crippen molar-refractivity contribution in [1.29, 1.82) is 0 Å². The predicted octanol–water partition coefficient (Wildman–Crippen LogP) is 0.773. The van der Waals surface area contributed by atoms with Gasteiger partial charge in [0.2, 0.25) is 5.91 Å². The Morgan fingerprint density at radius 2 is 1.73 bits per heavy atom. The van der Waals surface area contributed by atoms with Gasteiger partial charge in [0, 0.05) is 4.47 Å². The average molecular weight is 368 g/mol. The fourth-order valence-corrected chi connectivity index (χ4v) is 3.68. The number of carbonyl (C=O) groups excluding carboxylic acids is 2. The molecule has 3 rings (SSSR count). The zero-order valence-corrected chi connectivity index (χ0v) is 14.3. The van der Waals surface area contributed by atoms with Gasteiger partial charge in [-0.2, -0.15) is 0 Å². The molecule has 0 aliphatic carbocycles. The second kappa shape index (κ2) is 6.10. The maximum absolute atomic E-state index is 12.7. The number of imide groups is 1. The highest BCUT2D eigenvalue weighted by molar-refractivity contribution is 9.10. The number of nitrogens with one attached hydrogen (secondary N) is 1. The Morgan fingerprint density at radius 3 is 2.32 bits per heavy atom. The van der Waals surface area contributed by atoms with Gasteiger partial charge in [0.05, 0.1) is 12.1 Å². The summed E-state index contributed by atoms with van der Waals surface area (Å²) in [7, 11) is 0. The second-order valence-electron chi connectivity index (χ2n) is 6.12. The van der Waals surface area contributed by atoms with E-state index in [1.807, 2.05) is 26.0 Å². The number of rotatable bonds is 2. The zero-order valence-electron chi connectivity index (χ0n) is 12.7. The molecule has 1 N–H and O–H groups in total. The van der Waals surface area contributed by atoms with Gasteiger partial charge < -0.3 is 9.64 Å². The summed E-state index contributed by atoms with van der Waals surface area (Å²) < 4.78 is 6.65. The summed E-state index contributed by atoms with van der Waals surface area (Å²) in [6.45, 7) is 5.57. The minimum absolute atomic E-state index is 0.0939. The zero-order chi connectivity index (χ0) is 15.9. The molecular formula is C16H20BrN2O3+. The number of hydrogen-bond donors (Lipinski definition) is 1. The van der Waals surface area contributed by atoms with Gasteiger partial charge in [0.25, 0.3) is 5.91 Å². The Bertz CT molecular complexity index is 580. The molecule has 4 atom stereocenters. The third-order valence-electron chi connectivity index (χ3n) is 4.29. The molecule has 118 valence electrons. The van der Waals surface area contributed by atoms with Crippen molar-refractivity contribution in [2.75, 3.05) is 18.0 Å². The minimum atomic E-state index is -0.287. The molecular weight excluding hydrogens is 348 g/mol. The van der Waals surface area contributed by atoms with E-state index in [2.05, 4.69) is 15.9 Å². The highest BCUT2D eigenvalue weighted by Crippen LogP contribution is 2.24. The lowest BCUT2D eigenvalue weighted by Gasteiger charge is -2.34. The van der Waals surface area contributed by atoms with E-state index in [-0.39, 0.29) is 36.5 Å². The molecule has 2 saturated heterocycles. The molecule has 2 aliphatic rings. The Hall–Kier alpha value is -1.24. The van der Waals surface area contributed by atoms with Crippen molar-refractivity contribution in [3.8, 4) is 0 Å². The fraction of sp³-hybridized carbons (Fsp3) is 0.500. The van der Waals surface area contributed by atoms with E-state index < -0.39 is 0 Å². The number of hydrogen-bond acceptors (Lipinski definition) is 3. The highest BCUT2D eigenvalue weighted by atomic mass is 79.9. The third kappa shape index (κ3) is 2.95. The van der Waals surface area contributed by atoms with Gasteiger partial charge in [-0.05, 0) is 38.1 Å². The molecule has 0 spiro atoms. The van der Waals surface area contributed by atoms with Crippen molar-refractivity contribution < 1.29 is 19.2 Å². The lowest BCUT2D eigenvalue weighted by atomic mass is 10.1. The van der Waals surface area contributed by atoms with Crippen LogP contribution in [-0.4, -0.2) is 43.2 Å². The number of carbonyl (C=O) groups is 2. The molecule has 22 heavy (non-hydrogen) atoms. The van der Waals surface area contributed by atoms with Crippen LogP contribution in [0, 0.1) is 0 Å². The number of quaternary nitrogens is 1. The minimum Gasteiger partial charge on any atom is -0.364 e. The standard InChI is InChI=1S/C16H19BrN2O3/c1-10-8-18(9-11(2)22-10)14-7-15(20)19(16(14)21)13-5-3-12(17)4-6-13/h3-6,10-11,14H,7-9H2,1-2H3/p+1/t10-,11+,14-/m1/s1. The summed E-state index contributed by atoms with van der Waals surface area (Å²) in [5, 5.41) is 0. The van der Waals surface area contributed by atoms with Crippen molar-refractivity contribution in [3.63, 3.8) is 0 Å². The van der Waals surface area contributed by atoms with Crippen LogP contribution in [0.5, 0.6) is 0 Å². The van der Waals surface area contributed by atoms with Crippen LogP contribution in [-0.2, 0) is 14.3 Å². The van der Waals surface area contributed by atoms with Crippen molar-refractivity contribution in [3.05, 3.63) is 28.7 Å². The van der Waals surface area contributed by atoms with Gasteiger partial charge in [-0.1, -0.05) is 15.9 Å². The summed E-state index contributed by atoms with van der Waals surface area (Å²) in [5.74, 6) is -0.208. The number of morpholine rings is 1. The maximum atomic E-state index is 12.7. The summed E-state index contributed by atoms with van der Waals surface area (Å²) in [4.78, 5) is 27.6. The van der Waals surface area contributed by atoms with E-state index >= 15 is 0 Å². The van der Waals surface area contributed by atoms with Crippen molar-refractivity contribution in [2.24, 2.45) is 0 Å². The number of nitrogens with zero attached hydrogens (tertiary/aromatic N) is 1. The van der Waals surface area contributed by atoms with Gasteiger partial charge in [-0.3, -0.25) is 9.59 Å². The van der Waals surface area contributed by atoms with Crippen LogP contribution in [0.2, 0.25) is 0 Å². The Labute approximate surface area is 138 Å². The van der Waals surface area contributed by atoms with Gasteiger partial charge >= 0.3 is 0 Å². The Morgan fingerprint density at radius 1 is 1.14 bits per heavy atom. The van der Waals surface area contributed by atoms with E-state index in [0.717, 1.165) is 22.5 Å². The summed E-state index contributed by atoms with van der Waals surface area (Å²) >= 11 is 3.37. The Balaban J connectivity index is 1.80. The average Bonchev–Trinajstić information content (AvgIpc) is 2.74. The maximum Gasteiger partial charge on any atom is 0.292 e. The van der Waals surface area contributed by atoms with Gasteiger partial charge in [0.15, 0.2) is 6.04 Å². The van der Waals surface area contributed by atoms with Gasteiger partial charge in [-0.25, -0.2) is 4.90 Å². The smallest absolute Gasteiger partial charge is 0.292 e. The monoisotopic (exact) mass is 367 g/mol. The molecule has 6 heteroatoms. The molecule has 0 aromatic heterocycles. The third-order valence-corrected chi connectivity index (χ3v) is 4.82. The van der Waals surface area contributed by atoms with Crippen LogP contribution in [0.15, 0.2) is 28.7 Å². The van der Waals surface area contributed by atoms with Crippen LogP contribution < -0.4 is 9.80 Å². The van der Waals surface area contributed by atoms with E-state index in [0.29, 0.717) is 5.69 Å². The molecule has 0 saturated carbocycles. The first-order valence-corrected chi connectivity index (χ1v) is 8.37. The molecule has 5 nitrogen and oxygen atoms in total. The first-order valence-electron chi connectivity index (χ1n) is 7.58. The second-order valence-corrected chi connectivity index (χ2v) is 7.04. The topological polar surface area (TPSA) is 51.0 Å². The van der Waals surface area contributed by atoms with E-state index in [9.17, 15) is 9.59 Å². The van der Waals surface area contributed by atoms with Crippen LogP contribution in [0.4, 0.5) is 5.69 Å². The van der Waals surface area contributed by atoms with Crippen LogP contribution >= 0.6 is 15.9 Å². The molecule has 0 radical (unpaired) electrons. The fourth-order valence-electron chi connectivity index (χ4n) is 3.41. The van der Waals surface area contributed by atoms with E-state index in [4.69, 9.17) is 4.74 Å². The van der Waals surface area contributed by atoms with E-state index in [1.54, 1.807) is 12.1 Å². The number of halogens is 1. The first kappa shape index (κ1) is 15.6. The van der Waals surface area contributed by atoms with Gasteiger partial charge in [0.1, 0.15) is 25.3 Å². The quantitative estimate of drug-likeness (QED) is 0.785. The molecule has 2 fully saturated rings. The summed E-state index contributed by atoms with van der Waals surface area (Å²) in [5.41, 5.74) is 0.648. The lowest BCUT2D eigenvalue weighted by molar-refractivity contribution is -0.929. The molecule has 1 unspecified atom stereocenters. The molecule has 1 aromatic carbocycles. The van der Waals surface area contributed by atoms with Crippen molar-refractivity contribution >= 4 is 33.4 Å². The SMILES string of the molecule is C[C@@H]1C[NH+]([C@@H]2CC(=O)N(c3ccc(Br)cc3)C2=O)C[C@H](C)O1. The van der Waals surface area contributed by atoms with Gasteiger partial charge in [-0.15, -0.1) is 0 Å². The highest BCUT2D eigenvalue weighted by Gasteiger charge is 2.47. The van der Waals surface area contributed by atoms with Crippen LogP contribution in [0.1, 0.15) is 20.3 Å². The number of benzene rings is 1. The normalized spacial score (nSPS) is 32.6. The van der Waals surface area contributed by atoms with E-state index in [1.165, 1.54) is 4.90 Å². The first-order chi connectivity index (χ1) is 10.5. The Kier molecular flexibility index (Phi) is 4.34. The van der Waals surface area contributed by atoms with Crippen LogP contribution in [0.25, 0.3) is 0 Å². The molecule has 2 amide bonds. The summed E-state index contributed by atoms with van der Waals surface area (Å²) in [6.07, 6.45) is 0.510. The molecule has 1 aromatic rings. The van der Waals surface area contributed by atoms with Crippen LogP contribution in [0.3, 0.4) is 0 Å². The number of amides is 2. The lowest BCUT2D eigenvalue weighted by Crippen LogP contribution is -3.19. The summed E-state index contributed by atoms with van der Waals surface area (Å²) in [6, 6.07) is 6.98. The number of ether oxygens (including phenoxy) is 1.